The van der Waals surface area contributed by atoms with E-state index in [9.17, 15) is 9.90 Å². The molecule has 0 amide bonds. The molecule has 0 aromatic carbocycles. The first-order chi connectivity index (χ1) is 8.77. The Bertz CT molecular complexity index is 437. The Morgan fingerprint density at radius 3 is 2.72 bits per heavy atom. The van der Waals surface area contributed by atoms with Crippen molar-refractivity contribution in [2.24, 2.45) is 5.92 Å². The van der Waals surface area contributed by atoms with Crippen molar-refractivity contribution in [3.05, 3.63) is 18.5 Å². The van der Waals surface area contributed by atoms with E-state index in [0.29, 0.717) is 17.9 Å². The lowest BCUT2D eigenvalue weighted by molar-refractivity contribution is -0.138. The number of hydrogen-bond acceptors (Lipinski definition) is 4. The molecule has 0 spiro atoms. The van der Waals surface area contributed by atoms with Crippen LogP contribution < -0.4 is 4.90 Å². The van der Waals surface area contributed by atoms with Gasteiger partial charge in [0.1, 0.15) is 6.04 Å². The van der Waals surface area contributed by atoms with E-state index in [0.717, 1.165) is 19.3 Å². The molecule has 0 radical (unpaired) electrons. The second-order valence-corrected chi connectivity index (χ2v) is 5.16. The number of rotatable bonds is 2. The second kappa shape index (κ2) is 4.55. The lowest BCUT2D eigenvalue weighted by Gasteiger charge is -2.32. The Hall–Kier alpha value is -1.65. The van der Waals surface area contributed by atoms with Gasteiger partial charge in [-0.15, -0.1) is 0 Å². The van der Waals surface area contributed by atoms with Gasteiger partial charge in [-0.1, -0.05) is 12.8 Å². The average Bonchev–Trinajstić information content (AvgIpc) is 2.79. The molecule has 3 atom stereocenters. The Labute approximate surface area is 106 Å². The van der Waals surface area contributed by atoms with Crippen LogP contribution in [-0.2, 0) is 4.79 Å². The molecule has 5 nitrogen and oxygen atoms in total. The Kier molecular flexibility index (Phi) is 2.89. The van der Waals surface area contributed by atoms with Crippen LogP contribution in [0.5, 0.6) is 0 Å². The molecule has 1 aromatic heterocycles. The molecule has 2 aliphatic rings. The summed E-state index contributed by atoms with van der Waals surface area (Å²) >= 11 is 0. The van der Waals surface area contributed by atoms with E-state index in [2.05, 4.69) is 9.97 Å². The maximum Gasteiger partial charge on any atom is 0.326 e. The summed E-state index contributed by atoms with van der Waals surface area (Å²) in [6, 6.07) is 1.61. The normalized spacial score (nSPS) is 31.1. The van der Waals surface area contributed by atoms with E-state index < -0.39 is 12.0 Å². The van der Waals surface area contributed by atoms with Gasteiger partial charge in [-0.05, 0) is 31.2 Å². The fraction of sp³-hybridized carbons (Fsp3) is 0.615. The van der Waals surface area contributed by atoms with Gasteiger partial charge >= 0.3 is 5.97 Å². The van der Waals surface area contributed by atoms with E-state index >= 15 is 0 Å². The summed E-state index contributed by atoms with van der Waals surface area (Å²) in [6.07, 6.45) is 8.69. The van der Waals surface area contributed by atoms with Crippen LogP contribution in [0.1, 0.15) is 32.1 Å². The zero-order valence-corrected chi connectivity index (χ0v) is 10.2. The molecule has 1 saturated heterocycles. The van der Waals surface area contributed by atoms with Crippen molar-refractivity contribution >= 4 is 11.9 Å². The molecule has 1 aromatic rings. The Balaban J connectivity index is 1.94. The van der Waals surface area contributed by atoms with Gasteiger partial charge in [-0.2, -0.15) is 0 Å². The molecule has 2 fully saturated rings. The van der Waals surface area contributed by atoms with Crippen LogP contribution in [0.25, 0.3) is 0 Å². The molecule has 3 rings (SSSR count). The number of hydrogen-bond donors (Lipinski definition) is 1. The van der Waals surface area contributed by atoms with Gasteiger partial charge in [-0.25, -0.2) is 14.8 Å². The molecule has 1 saturated carbocycles. The molecule has 5 heteroatoms. The molecule has 3 unspecified atom stereocenters. The van der Waals surface area contributed by atoms with Crippen molar-refractivity contribution in [2.45, 2.75) is 44.2 Å². The van der Waals surface area contributed by atoms with Gasteiger partial charge < -0.3 is 10.0 Å². The molecule has 0 bridgehead atoms. The summed E-state index contributed by atoms with van der Waals surface area (Å²) in [5.74, 6) is 0.305. The molecule has 1 aliphatic heterocycles. The third kappa shape index (κ3) is 1.83. The van der Waals surface area contributed by atoms with E-state index in [4.69, 9.17) is 0 Å². The van der Waals surface area contributed by atoms with Crippen molar-refractivity contribution in [1.29, 1.82) is 0 Å². The van der Waals surface area contributed by atoms with Crippen LogP contribution >= 0.6 is 0 Å². The summed E-state index contributed by atoms with van der Waals surface area (Å²) in [7, 11) is 0. The molecule has 2 heterocycles. The minimum absolute atomic E-state index is 0.308. The highest BCUT2D eigenvalue weighted by atomic mass is 16.4. The van der Waals surface area contributed by atoms with Gasteiger partial charge in [0.05, 0.1) is 0 Å². The summed E-state index contributed by atoms with van der Waals surface area (Å²) in [5.41, 5.74) is 0. The maximum atomic E-state index is 11.4. The molecule has 1 aliphatic carbocycles. The number of carboxylic acids is 1. The van der Waals surface area contributed by atoms with E-state index in [1.165, 1.54) is 12.8 Å². The fourth-order valence-electron chi connectivity index (χ4n) is 3.39. The highest BCUT2D eigenvalue weighted by molar-refractivity contribution is 5.78. The van der Waals surface area contributed by atoms with Crippen molar-refractivity contribution in [3.63, 3.8) is 0 Å². The van der Waals surface area contributed by atoms with Gasteiger partial charge in [0.25, 0.3) is 0 Å². The largest absolute Gasteiger partial charge is 0.480 e. The molecule has 1 N–H and O–H groups in total. The minimum atomic E-state index is -0.753. The van der Waals surface area contributed by atoms with Crippen molar-refractivity contribution in [1.82, 2.24) is 9.97 Å². The van der Waals surface area contributed by atoms with E-state index in [1.807, 2.05) is 4.90 Å². The van der Waals surface area contributed by atoms with Crippen LogP contribution in [0, 0.1) is 5.92 Å². The average molecular weight is 247 g/mol. The van der Waals surface area contributed by atoms with Gasteiger partial charge in [0.15, 0.2) is 0 Å². The van der Waals surface area contributed by atoms with Crippen LogP contribution in [0.4, 0.5) is 5.95 Å². The highest BCUT2D eigenvalue weighted by Gasteiger charge is 2.46. The summed E-state index contributed by atoms with van der Waals surface area (Å²) in [6.45, 7) is 0. The van der Waals surface area contributed by atoms with Crippen LogP contribution in [0.2, 0.25) is 0 Å². The van der Waals surface area contributed by atoms with Crippen molar-refractivity contribution < 1.29 is 9.90 Å². The molecule has 18 heavy (non-hydrogen) atoms. The van der Waals surface area contributed by atoms with Crippen LogP contribution in [0.3, 0.4) is 0 Å². The molecular formula is C13H17N3O2. The zero-order valence-electron chi connectivity index (χ0n) is 10.2. The number of anilines is 1. The Morgan fingerprint density at radius 2 is 2.00 bits per heavy atom. The zero-order chi connectivity index (χ0) is 12.5. The van der Waals surface area contributed by atoms with Gasteiger partial charge in [-0.3, -0.25) is 0 Å². The van der Waals surface area contributed by atoms with Gasteiger partial charge in [0.2, 0.25) is 5.95 Å². The highest BCUT2D eigenvalue weighted by Crippen LogP contribution is 2.41. The number of aliphatic carboxylic acids is 1. The predicted molar refractivity (Wildman–Crippen MR) is 66.3 cm³/mol. The monoisotopic (exact) mass is 247 g/mol. The summed E-state index contributed by atoms with van der Waals surface area (Å²) < 4.78 is 0. The third-order valence-electron chi connectivity index (χ3n) is 4.16. The summed E-state index contributed by atoms with van der Waals surface area (Å²) in [5, 5.41) is 9.39. The van der Waals surface area contributed by atoms with Crippen LogP contribution in [-0.4, -0.2) is 33.1 Å². The third-order valence-corrected chi connectivity index (χ3v) is 4.16. The standard InChI is InChI=1S/C13H17N3O2/c17-12(18)11-8-9-4-1-2-5-10(9)16(11)13-14-6-3-7-15-13/h3,6-7,9-11H,1-2,4-5,8H2,(H,17,18). The number of carbonyl (C=O) groups is 1. The molecular weight excluding hydrogens is 230 g/mol. The number of fused-ring (bicyclic) bond motifs is 1. The number of nitrogens with zero attached hydrogens (tertiary/aromatic N) is 3. The number of carboxylic acid groups (broad SMARTS) is 1. The first-order valence-corrected chi connectivity index (χ1v) is 6.55. The SMILES string of the molecule is O=C(O)C1CC2CCCCC2N1c1ncccn1. The molecule has 96 valence electrons. The lowest BCUT2D eigenvalue weighted by atomic mass is 9.85. The summed E-state index contributed by atoms with van der Waals surface area (Å²) in [4.78, 5) is 21.8. The lowest BCUT2D eigenvalue weighted by Crippen LogP contribution is -2.43. The van der Waals surface area contributed by atoms with Crippen LogP contribution in [0.15, 0.2) is 18.5 Å². The smallest absolute Gasteiger partial charge is 0.326 e. The van der Waals surface area contributed by atoms with Gasteiger partial charge in [0, 0.05) is 18.4 Å². The predicted octanol–water partition coefficient (Wildman–Crippen LogP) is 1.70. The van der Waals surface area contributed by atoms with E-state index in [-0.39, 0.29) is 0 Å². The number of aromatic nitrogens is 2. The van der Waals surface area contributed by atoms with E-state index in [1.54, 1.807) is 18.5 Å². The quantitative estimate of drug-likeness (QED) is 0.861. The Morgan fingerprint density at radius 1 is 1.28 bits per heavy atom. The fourth-order valence-corrected chi connectivity index (χ4v) is 3.39. The maximum absolute atomic E-state index is 11.4. The van der Waals surface area contributed by atoms with Crippen molar-refractivity contribution in [3.8, 4) is 0 Å². The first-order valence-electron chi connectivity index (χ1n) is 6.55. The second-order valence-electron chi connectivity index (χ2n) is 5.16. The topological polar surface area (TPSA) is 66.3 Å². The van der Waals surface area contributed by atoms with Crippen molar-refractivity contribution in [2.75, 3.05) is 4.90 Å². The minimum Gasteiger partial charge on any atom is -0.480 e. The first kappa shape index (κ1) is 11.4.